The van der Waals surface area contributed by atoms with Crippen LogP contribution in [0.3, 0.4) is 0 Å². The van der Waals surface area contributed by atoms with E-state index in [1.165, 1.54) is 0 Å². The van der Waals surface area contributed by atoms with E-state index in [1.54, 1.807) is 48.2 Å². The Morgan fingerprint density at radius 2 is 2.00 bits per heavy atom. The van der Waals surface area contributed by atoms with Crippen molar-refractivity contribution in [2.24, 2.45) is 0 Å². The van der Waals surface area contributed by atoms with Crippen molar-refractivity contribution in [3.8, 4) is 5.75 Å². The lowest BCUT2D eigenvalue weighted by Crippen LogP contribution is -2.23. The van der Waals surface area contributed by atoms with Gasteiger partial charge in [-0.2, -0.15) is 0 Å². The molecule has 1 aliphatic rings. The minimum absolute atomic E-state index is 0.0577. The molecule has 138 valence electrons. The number of hydrogen-bond acceptors (Lipinski definition) is 4. The van der Waals surface area contributed by atoms with E-state index in [0.717, 1.165) is 12.0 Å². The fraction of sp³-hybridized carbons (Fsp3) is 0.316. The van der Waals surface area contributed by atoms with Crippen molar-refractivity contribution in [3.05, 3.63) is 48.0 Å². The summed E-state index contributed by atoms with van der Waals surface area (Å²) in [5, 5.41) is 0. The highest BCUT2D eigenvalue weighted by Crippen LogP contribution is 2.29. The highest BCUT2D eigenvalue weighted by molar-refractivity contribution is 7.92. The number of nitrogens with zero attached hydrogens (tertiary/aromatic N) is 1. The molecule has 0 aromatic heterocycles. The second-order valence-corrected chi connectivity index (χ2v) is 7.84. The van der Waals surface area contributed by atoms with Gasteiger partial charge in [0.15, 0.2) is 0 Å². The number of carbonyl (C=O) groups excluding carboxylic acids is 1. The van der Waals surface area contributed by atoms with Crippen LogP contribution in [0.2, 0.25) is 0 Å². The van der Waals surface area contributed by atoms with Gasteiger partial charge in [0.25, 0.3) is 10.0 Å². The van der Waals surface area contributed by atoms with Crippen molar-refractivity contribution in [3.63, 3.8) is 0 Å². The predicted molar refractivity (Wildman–Crippen MR) is 101 cm³/mol. The van der Waals surface area contributed by atoms with Gasteiger partial charge in [-0.3, -0.25) is 9.52 Å². The zero-order valence-corrected chi connectivity index (χ0v) is 15.7. The Hall–Kier alpha value is -2.54. The largest absolute Gasteiger partial charge is 0.492 e. The summed E-state index contributed by atoms with van der Waals surface area (Å²) in [7, 11) is -3.82. The third-order valence-electron chi connectivity index (χ3n) is 4.17. The Balaban J connectivity index is 1.91. The topological polar surface area (TPSA) is 75.7 Å². The number of nitrogens with one attached hydrogen (secondary N) is 1. The number of benzene rings is 2. The van der Waals surface area contributed by atoms with Gasteiger partial charge in [0.1, 0.15) is 10.6 Å². The van der Waals surface area contributed by atoms with Crippen LogP contribution in [0.1, 0.15) is 25.3 Å². The molecule has 0 saturated carbocycles. The summed E-state index contributed by atoms with van der Waals surface area (Å²) in [4.78, 5) is 13.7. The maximum atomic E-state index is 12.9. The van der Waals surface area contributed by atoms with Crippen LogP contribution in [-0.2, 0) is 14.8 Å². The highest BCUT2D eigenvalue weighted by atomic mass is 32.2. The SMILES string of the molecule is CCOc1ccc(C)cc1S(=O)(=O)Nc1cccc(N2CCCC2=O)c1. The van der Waals surface area contributed by atoms with Gasteiger partial charge in [-0.15, -0.1) is 0 Å². The molecule has 0 bridgehead atoms. The number of rotatable bonds is 6. The number of hydrogen-bond donors (Lipinski definition) is 1. The fourth-order valence-corrected chi connectivity index (χ4v) is 4.25. The molecule has 2 aromatic carbocycles. The average molecular weight is 374 g/mol. The summed E-state index contributed by atoms with van der Waals surface area (Å²) in [5.74, 6) is 0.374. The first-order chi connectivity index (χ1) is 12.4. The molecule has 0 atom stereocenters. The summed E-state index contributed by atoms with van der Waals surface area (Å²) in [6.45, 7) is 4.66. The van der Waals surface area contributed by atoms with Crippen molar-refractivity contribution in [2.45, 2.75) is 31.6 Å². The van der Waals surface area contributed by atoms with Crippen LogP contribution >= 0.6 is 0 Å². The molecule has 0 aliphatic carbocycles. The molecule has 1 N–H and O–H groups in total. The molecule has 1 amide bonds. The summed E-state index contributed by atoms with van der Waals surface area (Å²) in [5.41, 5.74) is 1.93. The Morgan fingerprint density at radius 3 is 2.69 bits per heavy atom. The lowest BCUT2D eigenvalue weighted by atomic mass is 10.2. The molecule has 0 radical (unpaired) electrons. The quantitative estimate of drug-likeness (QED) is 0.842. The van der Waals surface area contributed by atoms with Gasteiger partial charge in [-0.05, 0) is 56.2 Å². The zero-order valence-electron chi connectivity index (χ0n) is 14.9. The lowest BCUT2D eigenvalue weighted by molar-refractivity contribution is -0.117. The van der Waals surface area contributed by atoms with Crippen molar-refractivity contribution in [1.29, 1.82) is 0 Å². The predicted octanol–water partition coefficient (Wildman–Crippen LogP) is 3.32. The van der Waals surface area contributed by atoms with E-state index in [1.807, 2.05) is 13.0 Å². The number of amides is 1. The first kappa shape index (κ1) is 18.3. The zero-order chi connectivity index (χ0) is 18.7. The Kier molecular flexibility index (Phi) is 5.18. The van der Waals surface area contributed by atoms with Crippen LogP contribution in [0.25, 0.3) is 0 Å². The second-order valence-electron chi connectivity index (χ2n) is 6.19. The smallest absolute Gasteiger partial charge is 0.265 e. The molecule has 1 fully saturated rings. The van der Waals surface area contributed by atoms with Gasteiger partial charge < -0.3 is 9.64 Å². The van der Waals surface area contributed by atoms with Crippen LogP contribution in [0.15, 0.2) is 47.4 Å². The van der Waals surface area contributed by atoms with Crippen LogP contribution in [-0.4, -0.2) is 27.5 Å². The second kappa shape index (κ2) is 7.37. The summed E-state index contributed by atoms with van der Waals surface area (Å²) >= 11 is 0. The van der Waals surface area contributed by atoms with Gasteiger partial charge in [-0.1, -0.05) is 12.1 Å². The van der Waals surface area contributed by atoms with E-state index in [0.29, 0.717) is 36.7 Å². The molecule has 3 rings (SSSR count). The minimum Gasteiger partial charge on any atom is -0.492 e. The van der Waals surface area contributed by atoms with Gasteiger partial charge in [0.2, 0.25) is 5.91 Å². The van der Waals surface area contributed by atoms with Crippen molar-refractivity contribution in [1.82, 2.24) is 0 Å². The molecule has 1 saturated heterocycles. The normalized spacial score (nSPS) is 14.5. The lowest BCUT2D eigenvalue weighted by Gasteiger charge is -2.18. The first-order valence-electron chi connectivity index (χ1n) is 8.57. The van der Waals surface area contributed by atoms with E-state index in [-0.39, 0.29) is 10.8 Å². The Labute approximate surface area is 153 Å². The number of aryl methyl sites for hydroxylation is 1. The monoisotopic (exact) mass is 374 g/mol. The van der Waals surface area contributed by atoms with Gasteiger partial charge in [0, 0.05) is 18.7 Å². The van der Waals surface area contributed by atoms with Gasteiger partial charge in [-0.25, -0.2) is 8.42 Å². The summed E-state index contributed by atoms with van der Waals surface area (Å²) in [6.07, 6.45) is 1.34. The minimum atomic E-state index is -3.82. The molecule has 26 heavy (non-hydrogen) atoms. The molecule has 7 heteroatoms. The van der Waals surface area contributed by atoms with Gasteiger partial charge in [0.05, 0.1) is 12.3 Å². The van der Waals surface area contributed by atoms with Gasteiger partial charge >= 0.3 is 0 Å². The molecule has 0 unspecified atom stereocenters. The van der Waals surface area contributed by atoms with Crippen LogP contribution in [0.4, 0.5) is 11.4 Å². The molecular weight excluding hydrogens is 352 g/mol. The first-order valence-corrected chi connectivity index (χ1v) is 10.1. The average Bonchev–Trinajstić information content (AvgIpc) is 3.02. The maximum Gasteiger partial charge on any atom is 0.265 e. The van der Waals surface area contributed by atoms with E-state index < -0.39 is 10.0 Å². The third kappa shape index (κ3) is 3.83. The van der Waals surface area contributed by atoms with E-state index >= 15 is 0 Å². The Morgan fingerprint density at radius 1 is 1.19 bits per heavy atom. The third-order valence-corrected chi connectivity index (χ3v) is 5.57. The number of carbonyl (C=O) groups is 1. The number of sulfonamides is 1. The van der Waals surface area contributed by atoms with Crippen LogP contribution < -0.4 is 14.4 Å². The van der Waals surface area contributed by atoms with Crippen LogP contribution in [0.5, 0.6) is 5.75 Å². The highest BCUT2D eigenvalue weighted by Gasteiger charge is 2.23. The fourth-order valence-electron chi connectivity index (χ4n) is 2.97. The van der Waals surface area contributed by atoms with Crippen LogP contribution in [0, 0.1) is 6.92 Å². The van der Waals surface area contributed by atoms with Crippen molar-refractivity contribution >= 4 is 27.3 Å². The molecule has 2 aromatic rings. The van der Waals surface area contributed by atoms with E-state index in [4.69, 9.17) is 4.74 Å². The number of ether oxygens (including phenoxy) is 1. The van der Waals surface area contributed by atoms with Crippen molar-refractivity contribution in [2.75, 3.05) is 22.8 Å². The molecule has 6 nitrogen and oxygen atoms in total. The van der Waals surface area contributed by atoms with Crippen molar-refractivity contribution < 1.29 is 17.9 Å². The standard InChI is InChI=1S/C19H22N2O4S/c1-3-25-17-10-9-14(2)12-18(17)26(23,24)20-15-6-4-7-16(13-15)21-11-5-8-19(21)22/h4,6-7,9-10,12-13,20H,3,5,8,11H2,1-2H3. The van der Waals surface area contributed by atoms with E-state index in [2.05, 4.69) is 4.72 Å². The molecule has 0 spiro atoms. The summed E-state index contributed by atoms with van der Waals surface area (Å²) < 4.78 is 33.8. The maximum absolute atomic E-state index is 12.9. The molecular formula is C19H22N2O4S. The molecule has 1 heterocycles. The Bertz CT molecular complexity index is 925. The number of anilines is 2. The molecule has 1 aliphatic heterocycles. The summed E-state index contributed by atoms with van der Waals surface area (Å²) in [6, 6.07) is 11.9. The van der Waals surface area contributed by atoms with E-state index in [9.17, 15) is 13.2 Å².